The van der Waals surface area contributed by atoms with Gasteiger partial charge in [-0.05, 0) is 36.8 Å². The van der Waals surface area contributed by atoms with Gasteiger partial charge in [-0.15, -0.1) is 0 Å². The topological polar surface area (TPSA) is 38.0 Å². The Morgan fingerprint density at radius 3 is 2.47 bits per heavy atom. The lowest BCUT2D eigenvalue weighted by molar-refractivity contribution is 0.629. The Hall–Kier alpha value is -2.10. The maximum absolute atomic E-state index is 13.6. The molecule has 0 atom stereocenters. The third kappa shape index (κ3) is 2.36. The zero-order chi connectivity index (χ0) is 12.4. The molecule has 0 fully saturated rings. The van der Waals surface area contributed by atoms with Crippen LogP contribution in [0.3, 0.4) is 0 Å². The molecule has 0 radical (unpaired) electrons. The van der Waals surface area contributed by atoms with Crippen molar-refractivity contribution in [2.24, 2.45) is 0 Å². The number of nitrogen functional groups attached to an aromatic ring is 1. The molecule has 2 aromatic carbocycles. The first-order chi connectivity index (χ1) is 8.08. The zero-order valence-corrected chi connectivity index (χ0v) is 9.30. The molecule has 0 bridgehead atoms. The van der Waals surface area contributed by atoms with E-state index in [0.717, 1.165) is 5.56 Å². The van der Waals surface area contributed by atoms with E-state index in [0.29, 0.717) is 5.69 Å². The molecule has 88 valence electrons. The highest BCUT2D eigenvalue weighted by Crippen LogP contribution is 2.26. The van der Waals surface area contributed by atoms with Crippen LogP contribution >= 0.6 is 0 Å². The Labute approximate surface area is 98.1 Å². The van der Waals surface area contributed by atoms with E-state index in [9.17, 15) is 8.78 Å². The van der Waals surface area contributed by atoms with Gasteiger partial charge in [0.2, 0.25) is 0 Å². The Morgan fingerprint density at radius 2 is 1.76 bits per heavy atom. The summed E-state index contributed by atoms with van der Waals surface area (Å²) in [5.41, 5.74) is 6.97. The lowest BCUT2D eigenvalue weighted by Crippen LogP contribution is -2.00. The highest BCUT2D eigenvalue weighted by molar-refractivity contribution is 5.73. The summed E-state index contributed by atoms with van der Waals surface area (Å²) < 4.78 is 26.8. The third-order valence-electron chi connectivity index (χ3n) is 2.45. The summed E-state index contributed by atoms with van der Waals surface area (Å²) in [5, 5.41) is 2.77. The van der Waals surface area contributed by atoms with Gasteiger partial charge in [0.15, 0.2) is 0 Å². The summed E-state index contributed by atoms with van der Waals surface area (Å²) in [7, 11) is 0. The number of hydrogen-bond donors (Lipinski definition) is 2. The van der Waals surface area contributed by atoms with Crippen molar-refractivity contribution in [3.05, 3.63) is 53.6 Å². The highest BCUT2D eigenvalue weighted by atomic mass is 19.1. The van der Waals surface area contributed by atoms with Crippen LogP contribution in [0.5, 0.6) is 0 Å². The van der Waals surface area contributed by atoms with E-state index >= 15 is 0 Å². The van der Waals surface area contributed by atoms with Crippen LogP contribution in [0, 0.1) is 18.6 Å². The number of benzene rings is 2. The van der Waals surface area contributed by atoms with Crippen LogP contribution in [-0.4, -0.2) is 0 Å². The Kier molecular flexibility index (Phi) is 2.95. The van der Waals surface area contributed by atoms with Gasteiger partial charge in [0.05, 0.1) is 17.1 Å². The molecular weight excluding hydrogens is 222 g/mol. The number of nitrogens with one attached hydrogen (secondary N) is 1. The average Bonchev–Trinajstić information content (AvgIpc) is 2.28. The van der Waals surface area contributed by atoms with Gasteiger partial charge in [0.25, 0.3) is 0 Å². The molecule has 0 saturated carbocycles. The van der Waals surface area contributed by atoms with Crippen LogP contribution < -0.4 is 11.1 Å². The van der Waals surface area contributed by atoms with Crippen LogP contribution in [0.15, 0.2) is 36.4 Å². The van der Waals surface area contributed by atoms with Gasteiger partial charge in [-0.2, -0.15) is 0 Å². The Bertz CT molecular complexity index is 553. The van der Waals surface area contributed by atoms with Crippen LogP contribution in [-0.2, 0) is 0 Å². The predicted molar refractivity (Wildman–Crippen MR) is 65.2 cm³/mol. The summed E-state index contributed by atoms with van der Waals surface area (Å²) in [6.45, 7) is 1.80. The molecule has 0 heterocycles. The highest BCUT2D eigenvalue weighted by Gasteiger charge is 2.07. The summed E-state index contributed by atoms with van der Waals surface area (Å²) >= 11 is 0. The Morgan fingerprint density at radius 1 is 1.00 bits per heavy atom. The molecule has 3 N–H and O–H groups in total. The van der Waals surface area contributed by atoms with Gasteiger partial charge in [0, 0.05) is 0 Å². The summed E-state index contributed by atoms with van der Waals surface area (Å²) in [4.78, 5) is 0. The van der Waals surface area contributed by atoms with E-state index in [1.54, 1.807) is 25.1 Å². The minimum Gasteiger partial charge on any atom is -0.395 e. The molecule has 4 heteroatoms. The van der Waals surface area contributed by atoms with Crippen molar-refractivity contribution in [1.29, 1.82) is 0 Å². The molecule has 0 aromatic heterocycles. The van der Waals surface area contributed by atoms with Crippen LogP contribution in [0.25, 0.3) is 0 Å². The second-order valence-electron chi connectivity index (χ2n) is 3.81. The first-order valence-electron chi connectivity index (χ1n) is 5.15. The fraction of sp³-hybridized carbons (Fsp3) is 0.0769. The monoisotopic (exact) mass is 234 g/mol. The van der Waals surface area contributed by atoms with Crippen LogP contribution in [0.4, 0.5) is 25.8 Å². The fourth-order valence-electron chi connectivity index (χ4n) is 1.51. The van der Waals surface area contributed by atoms with Gasteiger partial charge in [-0.25, -0.2) is 8.78 Å². The lowest BCUT2D eigenvalue weighted by Gasteiger charge is -2.10. The number of aryl methyl sites for hydroxylation is 1. The molecule has 0 spiro atoms. The van der Waals surface area contributed by atoms with E-state index in [-0.39, 0.29) is 11.4 Å². The van der Waals surface area contributed by atoms with Gasteiger partial charge in [-0.3, -0.25) is 0 Å². The van der Waals surface area contributed by atoms with Crippen molar-refractivity contribution in [3.8, 4) is 0 Å². The molecule has 0 amide bonds. The molecule has 2 rings (SSSR count). The third-order valence-corrected chi connectivity index (χ3v) is 2.45. The maximum Gasteiger partial charge on any atom is 0.148 e. The summed E-state index contributed by atoms with van der Waals surface area (Å²) in [5.74, 6) is -0.920. The number of anilines is 3. The molecule has 0 aliphatic rings. The van der Waals surface area contributed by atoms with Crippen molar-refractivity contribution >= 4 is 17.1 Å². The summed E-state index contributed by atoms with van der Waals surface area (Å²) in [6.07, 6.45) is 0. The van der Waals surface area contributed by atoms with Crippen molar-refractivity contribution in [3.63, 3.8) is 0 Å². The van der Waals surface area contributed by atoms with E-state index in [4.69, 9.17) is 5.73 Å². The molecule has 2 nitrogen and oxygen atoms in total. The molecule has 0 unspecified atom stereocenters. The van der Waals surface area contributed by atoms with Crippen molar-refractivity contribution in [2.75, 3.05) is 11.1 Å². The quantitative estimate of drug-likeness (QED) is 0.779. The molecular formula is C13H12F2N2. The normalized spacial score (nSPS) is 10.3. The maximum atomic E-state index is 13.6. The van der Waals surface area contributed by atoms with Gasteiger partial charge >= 0.3 is 0 Å². The van der Waals surface area contributed by atoms with Crippen molar-refractivity contribution < 1.29 is 8.78 Å². The molecule has 0 saturated heterocycles. The second-order valence-corrected chi connectivity index (χ2v) is 3.81. The molecule has 2 aromatic rings. The Balaban J connectivity index is 2.35. The smallest absolute Gasteiger partial charge is 0.148 e. The van der Waals surface area contributed by atoms with Gasteiger partial charge < -0.3 is 11.1 Å². The van der Waals surface area contributed by atoms with E-state index in [1.807, 2.05) is 0 Å². The van der Waals surface area contributed by atoms with Gasteiger partial charge in [0.1, 0.15) is 11.6 Å². The first-order valence-corrected chi connectivity index (χ1v) is 5.15. The van der Waals surface area contributed by atoms with Gasteiger partial charge in [-0.1, -0.05) is 12.1 Å². The van der Waals surface area contributed by atoms with E-state index < -0.39 is 11.6 Å². The van der Waals surface area contributed by atoms with Crippen LogP contribution in [0.2, 0.25) is 0 Å². The number of hydrogen-bond acceptors (Lipinski definition) is 2. The second kappa shape index (κ2) is 4.41. The molecule has 17 heavy (non-hydrogen) atoms. The average molecular weight is 234 g/mol. The van der Waals surface area contributed by atoms with E-state index in [1.165, 1.54) is 18.2 Å². The minimum absolute atomic E-state index is 0.0209. The van der Waals surface area contributed by atoms with Crippen LogP contribution in [0.1, 0.15) is 5.56 Å². The first kappa shape index (κ1) is 11.4. The largest absolute Gasteiger partial charge is 0.395 e. The van der Waals surface area contributed by atoms with Crippen molar-refractivity contribution in [1.82, 2.24) is 0 Å². The lowest BCUT2D eigenvalue weighted by atomic mass is 10.2. The summed E-state index contributed by atoms with van der Waals surface area (Å²) in [6, 6.07) is 9.12. The number of halogens is 2. The predicted octanol–water partition coefficient (Wildman–Crippen LogP) is 3.60. The van der Waals surface area contributed by atoms with E-state index in [2.05, 4.69) is 5.32 Å². The molecule has 0 aliphatic heterocycles. The fourth-order valence-corrected chi connectivity index (χ4v) is 1.51. The van der Waals surface area contributed by atoms with Crippen molar-refractivity contribution in [2.45, 2.75) is 6.92 Å². The minimum atomic E-state index is -0.525. The number of rotatable bonds is 2. The standard InChI is InChI=1S/C13H12F2N2/c1-8-5-6-11(10(15)7-8)17-12-4-2-3-9(14)13(12)16/h2-7,17H,16H2,1H3. The number of nitrogens with two attached hydrogens (primary N) is 1. The SMILES string of the molecule is Cc1ccc(Nc2cccc(F)c2N)c(F)c1. The zero-order valence-electron chi connectivity index (χ0n) is 9.30. The molecule has 0 aliphatic carbocycles. The number of para-hydroxylation sites is 1.